The van der Waals surface area contributed by atoms with E-state index in [4.69, 9.17) is 9.47 Å². The summed E-state index contributed by atoms with van der Waals surface area (Å²) in [5.74, 6) is 4.19. The van der Waals surface area contributed by atoms with Crippen LogP contribution >= 0.6 is 12.6 Å². The second-order valence-corrected chi connectivity index (χ2v) is 7.05. The van der Waals surface area contributed by atoms with Crippen molar-refractivity contribution >= 4 is 12.6 Å². The van der Waals surface area contributed by atoms with E-state index in [0.717, 1.165) is 23.7 Å². The van der Waals surface area contributed by atoms with Gasteiger partial charge in [0.05, 0.1) is 13.2 Å². The van der Waals surface area contributed by atoms with E-state index in [9.17, 15) is 0 Å². The van der Waals surface area contributed by atoms with Crippen molar-refractivity contribution < 1.29 is 9.47 Å². The van der Waals surface area contributed by atoms with Gasteiger partial charge in [0.25, 0.3) is 0 Å². The first-order chi connectivity index (χ1) is 9.92. The van der Waals surface area contributed by atoms with Gasteiger partial charge in [-0.1, -0.05) is 40.7 Å². The molecule has 1 aromatic carbocycles. The van der Waals surface area contributed by atoms with Crippen LogP contribution in [0.5, 0.6) is 11.5 Å². The van der Waals surface area contributed by atoms with E-state index in [0.29, 0.717) is 31.0 Å². The van der Waals surface area contributed by atoms with Gasteiger partial charge in [-0.25, -0.2) is 0 Å². The highest BCUT2D eigenvalue weighted by molar-refractivity contribution is 7.80. The summed E-state index contributed by atoms with van der Waals surface area (Å²) < 4.78 is 11.8. The molecule has 0 aromatic heterocycles. The molecule has 0 amide bonds. The first-order valence-electron chi connectivity index (χ1n) is 7.91. The molecular weight excluding hydrogens is 280 g/mol. The van der Waals surface area contributed by atoms with Gasteiger partial charge in [0.2, 0.25) is 0 Å². The van der Waals surface area contributed by atoms with E-state index in [1.807, 2.05) is 6.07 Å². The van der Waals surface area contributed by atoms with Crippen molar-refractivity contribution in [1.82, 2.24) is 0 Å². The average Bonchev–Trinajstić information content (AvgIpc) is 2.43. The Kier molecular flexibility index (Phi) is 8.02. The fourth-order valence-corrected chi connectivity index (χ4v) is 2.02. The van der Waals surface area contributed by atoms with Gasteiger partial charge >= 0.3 is 0 Å². The monoisotopic (exact) mass is 310 g/mol. The van der Waals surface area contributed by atoms with Gasteiger partial charge < -0.3 is 9.47 Å². The van der Waals surface area contributed by atoms with Gasteiger partial charge in [-0.2, -0.15) is 12.6 Å². The molecule has 0 fully saturated rings. The van der Waals surface area contributed by atoms with E-state index >= 15 is 0 Å². The second kappa shape index (κ2) is 9.24. The molecule has 0 saturated heterocycles. The maximum absolute atomic E-state index is 5.94. The quantitative estimate of drug-likeness (QED) is 0.656. The van der Waals surface area contributed by atoms with Crippen molar-refractivity contribution in [2.45, 2.75) is 41.0 Å². The third-order valence-electron chi connectivity index (χ3n) is 3.05. The Labute approximate surface area is 135 Å². The SMILES string of the molecule is CC(C)COc1ccc(CC(C)CS)cc1OCC(C)C. The highest BCUT2D eigenvalue weighted by atomic mass is 32.1. The molecule has 0 aliphatic rings. The highest BCUT2D eigenvalue weighted by Gasteiger charge is 2.10. The van der Waals surface area contributed by atoms with E-state index < -0.39 is 0 Å². The van der Waals surface area contributed by atoms with E-state index in [1.54, 1.807) is 0 Å². The van der Waals surface area contributed by atoms with Crippen molar-refractivity contribution in [3.8, 4) is 11.5 Å². The molecule has 1 rings (SSSR count). The molecule has 0 aliphatic carbocycles. The molecule has 0 radical (unpaired) electrons. The summed E-state index contributed by atoms with van der Waals surface area (Å²) >= 11 is 4.36. The maximum atomic E-state index is 5.94. The molecule has 2 nitrogen and oxygen atoms in total. The number of thiol groups is 1. The average molecular weight is 311 g/mol. The molecule has 3 heteroatoms. The van der Waals surface area contributed by atoms with E-state index in [1.165, 1.54) is 5.56 Å². The summed E-state index contributed by atoms with van der Waals surface area (Å²) in [5, 5.41) is 0. The van der Waals surface area contributed by atoms with Gasteiger partial charge in [-0.15, -0.1) is 0 Å². The summed E-state index contributed by atoms with van der Waals surface area (Å²) in [6.45, 7) is 12.2. The van der Waals surface area contributed by atoms with Crippen LogP contribution in [0.1, 0.15) is 40.2 Å². The van der Waals surface area contributed by atoms with Crippen molar-refractivity contribution in [2.75, 3.05) is 19.0 Å². The predicted octanol–water partition coefficient (Wildman–Crippen LogP) is 4.86. The lowest BCUT2D eigenvalue weighted by Gasteiger charge is -2.17. The lowest BCUT2D eigenvalue weighted by atomic mass is 10.0. The largest absolute Gasteiger partial charge is 0.489 e. The Hall–Kier alpha value is -0.830. The topological polar surface area (TPSA) is 18.5 Å². The van der Waals surface area contributed by atoms with Crippen molar-refractivity contribution in [3.63, 3.8) is 0 Å². The van der Waals surface area contributed by atoms with Crippen LogP contribution < -0.4 is 9.47 Å². The fourth-order valence-electron chi connectivity index (χ4n) is 1.89. The first-order valence-corrected chi connectivity index (χ1v) is 8.55. The lowest BCUT2D eigenvalue weighted by Crippen LogP contribution is -2.09. The number of ether oxygens (including phenoxy) is 2. The second-order valence-electron chi connectivity index (χ2n) is 6.68. The van der Waals surface area contributed by atoms with Crippen LogP contribution in [0.2, 0.25) is 0 Å². The molecule has 1 unspecified atom stereocenters. The normalized spacial score (nSPS) is 12.8. The third kappa shape index (κ3) is 7.12. The minimum atomic E-state index is 0.503. The van der Waals surface area contributed by atoms with Crippen LogP contribution in [0.15, 0.2) is 18.2 Å². The minimum absolute atomic E-state index is 0.503. The Morgan fingerprint density at radius 1 is 0.905 bits per heavy atom. The first kappa shape index (κ1) is 18.2. The van der Waals surface area contributed by atoms with Gasteiger partial charge in [0, 0.05) is 0 Å². The van der Waals surface area contributed by atoms with E-state index in [-0.39, 0.29) is 0 Å². The standard InChI is InChI=1S/C18H30O2S/c1-13(2)10-19-17-7-6-16(8-15(5)12-21)9-18(17)20-11-14(3)4/h6-7,9,13-15,21H,8,10-12H2,1-5H3. The highest BCUT2D eigenvalue weighted by Crippen LogP contribution is 2.30. The number of hydrogen-bond donors (Lipinski definition) is 1. The van der Waals surface area contributed by atoms with Crippen molar-refractivity contribution in [2.24, 2.45) is 17.8 Å². The Balaban J connectivity index is 2.84. The molecule has 120 valence electrons. The summed E-state index contributed by atoms with van der Waals surface area (Å²) in [6.07, 6.45) is 1.02. The Bertz CT molecular complexity index is 416. The number of benzene rings is 1. The third-order valence-corrected chi connectivity index (χ3v) is 3.67. The zero-order chi connectivity index (χ0) is 15.8. The van der Waals surface area contributed by atoms with Crippen LogP contribution in [0.3, 0.4) is 0 Å². The van der Waals surface area contributed by atoms with Crippen molar-refractivity contribution in [1.29, 1.82) is 0 Å². The molecule has 1 aromatic rings. The van der Waals surface area contributed by atoms with Gasteiger partial charge in [0.15, 0.2) is 11.5 Å². The lowest BCUT2D eigenvalue weighted by molar-refractivity contribution is 0.229. The molecule has 0 heterocycles. The van der Waals surface area contributed by atoms with E-state index in [2.05, 4.69) is 59.4 Å². The smallest absolute Gasteiger partial charge is 0.161 e. The summed E-state index contributed by atoms with van der Waals surface area (Å²) in [6, 6.07) is 6.30. The molecule has 21 heavy (non-hydrogen) atoms. The Morgan fingerprint density at radius 2 is 1.48 bits per heavy atom. The number of hydrogen-bond acceptors (Lipinski definition) is 3. The molecule has 0 bridgehead atoms. The van der Waals surface area contributed by atoms with Gasteiger partial charge in [-0.05, 0) is 47.6 Å². The van der Waals surface area contributed by atoms with Crippen molar-refractivity contribution in [3.05, 3.63) is 23.8 Å². The molecule has 0 aliphatic heterocycles. The summed E-state index contributed by atoms with van der Waals surface area (Å²) in [4.78, 5) is 0. The number of rotatable bonds is 9. The molecular formula is C18H30O2S. The van der Waals surface area contributed by atoms with Crippen LogP contribution in [-0.2, 0) is 6.42 Å². The zero-order valence-electron chi connectivity index (χ0n) is 14.1. The molecule has 0 spiro atoms. The summed E-state index contributed by atoms with van der Waals surface area (Å²) in [5.41, 5.74) is 1.28. The molecule has 0 saturated carbocycles. The Morgan fingerprint density at radius 3 is 2.00 bits per heavy atom. The van der Waals surface area contributed by atoms with Gasteiger partial charge in [-0.3, -0.25) is 0 Å². The molecule has 0 N–H and O–H groups in total. The zero-order valence-corrected chi connectivity index (χ0v) is 15.0. The van der Waals surface area contributed by atoms with Crippen LogP contribution in [0, 0.1) is 17.8 Å². The van der Waals surface area contributed by atoms with Gasteiger partial charge in [0.1, 0.15) is 0 Å². The maximum Gasteiger partial charge on any atom is 0.161 e. The minimum Gasteiger partial charge on any atom is -0.489 e. The predicted molar refractivity (Wildman–Crippen MR) is 93.8 cm³/mol. The van der Waals surface area contributed by atoms with Crippen LogP contribution in [0.4, 0.5) is 0 Å². The van der Waals surface area contributed by atoms with Crippen LogP contribution in [0.25, 0.3) is 0 Å². The summed E-state index contributed by atoms with van der Waals surface area (Å²) in [7, 11) is 0. The molecule has 1 atom stereocenters. The fraction of sp³-hybridized carbons (Fsp3) is 0.667. The van der Waals surface area contributed by atoms with Crippen LogP contribution in [-0.4, -0.2) is 19.0 Å².